The van der Waals surface area contributed by atoms with Crippen molar-refractivity contribution in [2.24, 2.45) is 0 Å². The van der Waals surface area contributed by atoms with Gasteiger partial charge in [0.25, 0.3) is 0 Å². The van der Waals surface area contributed by atoms with Crippen LogP contribution in [0.25, 0.3) is 21.5 Å². The second kappa shape index (κ2) is 4.26. The summed E-state index contributed by atoms with van der Waals surface area (Å²) in [6.07, 6.45) is 0. The summed E-state index contributed by atoms with van der Waals surface area (Å²) in [5.41, 5.74) is 2.94. The highest BCUT2D eigenvalue weighted by molar-refractivity contribution is 7.17. The van der Waals surface area contributed by atoms with Gasteiger partial charge in [-0.15, -0.1) is 11.3 Å². The smallest absolute Gasteiger partial charge is 0.168 e. The van der Waals surface area contributed by atoms with Crippen molar-refractivity contribution >= 4 is 44.9 Å². The van der Waals surface area contributed by atoms with Crippen molar-refractivity contribution < 1.29 is 0 Å². The maximum atomic E-state index is 5.90. The Kier molecular flexibility index (Phi) is 2.74. The summed E-state index contributed by atoms with van der Waals surface area (Å²) in [4.78, 5) is 9.31. The predicted octanol–water partition coefficient (Wildman–Crippen LogP) is 4.67. The highest BCUT2D eigenvalue weighted by Crippen LogP contribution is 2.33. The van der Waals surface area contributed by atoms with Crippen LogP contribution in [0.4, 0.5) is 0 Å². The van der Waals surface area contributed by atoms with Crippen LogP contribution in [0.2, 0.25) is 10.3 Å². The molecule has 0 atom stereocenters. The molecule has 0 bridgehead atoms. The molecule has 0 unspecified atom stereocenters. The van der Waals surface area contributed by atoms with E-state index in [1.54, 1.807) is 0 Å². The Morgan fingerprint density at radius 2 is 1.65 bits per heavy atom. The SMILES string of the molecule is Clc1nc2scc(-c3ccccc3)c2nc1Cl. The van der Waals surface area contributed by atoms with E-state index >= 15 is 0 Å². The molecule has 0 saturated carbocycles. The van der Waals surface area contributed by atoms with E-state index in [4.69, 9.17) is 23.2 Å². The number of halogens is 2. The fourth-order valence-electron chi connectivity index (χ4n) is 1.63. The van der Waals surface area contributed by atoms with Crippen molar-refractivity contribution in [1.29, 1.82) is 0 Å². The van der Waals surface area contributed by atoms with E-state index in [-0.39, 0.29) is 10.3 Å². The van der Waals surface area contributed by atoms with Gasteiger partial charge in [0, 0.05) is 10.9 Å². The number of aromatic nitrogens is 2. The van der Waals surface area contributed by atoms with Gasteiger partial charge in [-0.05, 0) is 5.56 Å². The van der Waals surface area contributed by atoms with Gasteiger partial charge in [-0.25, -0.2) is 9.97 Å². The molecule has 0 aliphatic heterocycles. The van der Waals surface area contributed by atoms with Gasteiger partial charge >= 0.3 is 0 Å². The minimum Gasteiger partial charge on any atom is -0.230 e. The number of hydrogen-bond donors (Lipinski definition) is 0. The Hall–Kier alpha value is -1.16. The maximum Gasteiger partial charge on any atom is 0.168 e. The first kappa shape index (κ1) is 11.0. The molecule has 0 radical (unpaired) electrons. The Labute approximate surface area is 112 Å². The normalized spacial score (nSPS) is 10.9. The Balaban J connectivity index is 2.29. The molecular formula is C12H6Cl2N2S. The third-order valence-corrected chi connectivity index (χ3v) is 3.90. The number of hydrogen-bond acceptors (Lipinski definition) is 3. The Morgan fingerprint density at radius 3 is 2.41 bits per heavy atom. The Morgan fingerprint density at radius 1 is 0.941 bits per heavy atom. The molecule has 5 heteroatoms. The zero-order valence-electron chi connectivity index (χ0n) is 8.52. The number of rotatable bonds is 1. The average molecular weight is 281 g/mol. The van der Waals surface area contributed by atoms with E-state index in [2.05, 4.69) is 9.97 Å². The summed E-state index contributed by atoms with van der Waals surface area (Å²) in [7, 11) is 0. The van der Waals surface area contributed by atoms with Crippen LogP contribution >= 0.6 is 34.5 Å². The van der Waals surface area contributed by atoms with Gasteiger partial charge in [0.1, 0.15) is 10.3 Å². The third-order valence-electron chi connectivity index (χ3n) is 2.41. The lowest BCUT2D eigenvalue weighted by Crippen LogP contribution is -1.84. The second-order valence-electron chi connectivity index (χ2n) is 3.47. The highest BCUT2D eigenvalue weighted by atomic mass is 35.5. The molecule has 3 aromatic rings. The first-order valence-electron chi connectivity index (χ1n) is 4.91. The number of thiophene rings is 1. The van der Waals surface area contributed by atoms with Gasteiger partial charge in [-0.2, -0.15) is 0 Å². The number of nitrogens with zero attached hydrogens (tertiary/aromatic N) is 2. The van der Waals surface area contributed by atoms with Gasteiger partial charge in [-0.1, -0.05) is 53.5 Å². The molecule has 1 aromatic carbocycles. The van der Waals surface area contributed by atoms with Crippen LogP contribution < -0.4 is 0 Å². The molecule has 2 heterocycles. The fraction of sp³-hybridized carbons (Fsp3) is 0. The number of benzene rings is 1. The van der Waals surface area contributed by atoms with Crippen LogP contribution in [0.5, 0.6) is 0 Å². The van der Waals surface area contributed by atoms with Crippen molar-refractivity contribution in [1.82, 2.24) is 9.97 Å². The average Bonchev–Trinajstić information content (AvgIpc) is 2.74. The molecule has 0 N–H and O–H groups in total. The van der Waals surface area contributed by atoms with E-state index in [9.17, 15) is 0 Å². The highest BCUT2D eigenvalue weighted by Gasteiger charge is 2.11. The van der Waals surface area contributed by atoms with Crippen LogP contribution in [0.15, 0.2) is 35.7 Å². The minimum absolute atomic E-state index is 0.245. The summed E-state index contributed by atoms with van der Waals surface area (Å²) in [6, 6.07) is 10.0. The Bertz CT molecular complexity index is 680. The van der Waals surface area contributed by atoms with Crippen molar-refractivity contribution in [2.75, 3.05) is 0 Å². The van der Waals surface area contributed by atoms with E-state index in [1.165, 1.54) is 11.3 Å². The third kappa shape index (κ3) is 1.90. The molecule has 3 rings (SSSR count). The van der Waals surface area contributed by atoms with Crippen molar-refractivity contribution in [3.63, 3.8) is 0 Å². The fourth-order valence-corrected chi connectivity index (χ4v) is 2.82. The van der Waals surface area contributed by atoms with Gasteiger partial charge in [0.15, 0.2) is 10.3 Å². The lowest BCUT2D eigenvalue weighted by Gasteiger charge is -1.99. The molecule has 0 saturated heterocycles. The lowest BCUT2D eigenvalue weighted by molar-refractivity contribution is 1.31. The van der Waals surface area contributed by atoms with Crippen molar-refractivity contribution in [3.05, 3.63) is 46.0 Å². The molecule has 2 aromatic heterocycles. The van der Waals surface area contributed by atoms with Gasteiger partial charge in [-0.3, -0.25) is 0 Å². The standard InChI is InChI=1S/C12H6Cl2N2S/c13-10-11(14)16-12-9(15-10)8(6-17-12)7-4-2-1-3-5-7/h1-6H. The molecular weight excluding hydrogens is 275 g/mol. The summed E-state index contributed by atoms with van der Waals surface area (Å²) in [5.74, 6) is 0. The summed E-state index contributed by atoms with van der Waals surface area (Å²) < 4.78 is 0. The zero-order chi connectivity index (χ0) is 11.8. The topological polar surface area (TPSA) is 25.8 Å². The van der Waals surface area contributed by atoms with E-state index in [1.807, 2.05) is 35.7 Å². The lowest BCUT2D eigenvalue weighted by atomic mass is 10.1. The van der Waals surface area contributed by atoms with Crippen LogP contribution in [0.1, 0.15) is 0 Å². The van der Waals surface area contributed by atoms with Crippen LogP contribution in [0, 0.1) is 0 Å². The summed E-state index contributed by atoms with van der Waals surface area (Å²) in [6.45, 7) is 0. The van der Waals surface area contributed by atoms with Crippen LogP contribution in [-0.4, -0.2) is 9.97 Å². The van der Waals surface area contributed by atoms with Crippen LogP contribution in [0.3, 0.4) is 0 Å². The first-order valence-corrected chi connectivity index (χ1v) is 6.55. The molecule has 0 amide bonds. The molecule has 84 valence electrons. The van der Waals surface area contributed by atoms with Crippen molar-refractivity contribution in [3.8, 4) is 11.1 Å². The summed E-state index contributed by atoms with van der Waals surface area (Å²) >= 11 is 13.3. The molecule has 0 fully saturated rings. The van der Waals surface area contributed by atoms with Gasteiger partial charge in [0.05, 0.1) is 0 Å². The minimum atomic E-state index is 0.245. The largest absolute Gasteiger partial charge is 0.230 e. The maximum absolute atomic E-state index is 5.90. The molecule has 0 aliphatic rings. The quantitative estimate of drug-likeness (QED) is 0.648. The van der Waals surface area contributed by atoms with Gasteiger partial charge in [0.2, 0.25) is 0 Å². The predicted molar refractivity (Wildman–Crippen MR) is 72.9 cm³/mol. The van der Waals surface area contributed by atoms with E-state index < -0.39 is 0 Å². The second-order valence-corrected chi connectivity index (χ2v) is 5.05. The zero-order valence-corrected chi connectivity index (χ0v) is 10.9. The van der Waals surface area contributed by atoms with E-state index in [0.29, 0.717) is 0 Å². The molecule has 0 aliphatic carbocycles. The monoisotopic (exact) mass is 280 g/mol. The molecule has 17 heavy (non-hydrogen) atoms. The number of fused-ring (bicyclic) bond motifs is 1. The molecule has 0 spiro atoms. The van der Waals surface area contributed by atoms with Crippen molar-refractivity contribution in [2.45, 2.75) is 0 Å². The van der Waals surface area contributed by atoms with Crippen LogP contribution in [-0.2, 0) is 0 Å². The van der Waals surface area contributed by atoms with E-state index in [0.717, 1.165) is 21.5 Å². The summed E-state index contributed by atoms with van der Waals surface area (Å²) in [5, 5.41) is 2.52. The van der Waals surface area contributed by atoms with Gasteiger partial charge < -0.3 is 0 Å². The first-order chi connectivity index (χ1) is 8.25. The molecule has 2 nitrogen and oxygen atoms in total.